The summed E-state index contributed by atoms with van der Waals surface area (Å²) in [5.74, 6) is 1.91. The molecule has 3 heterocycles. The second-order valence-electron chi connectivity index (χ2n) is 7.35. The lowest BCUT2D eigenvalue weighted by Crippen LogP contribution is -2.32. The lowest BCUT2D eigenvalue weighted by molar-refractivity contribution is -0.131. The van der Waals surface area contributed by atoms with Crippen LogP contribution < -0.4 is 4.74 Å². The number of carbonyl (C=O) groups is 1. The number of carbonyl (C=O) groups excluding carboxylic acids is 1. The van der Waals surface area contributed by atoms with Crippen LogP contribution in [0.4, 0.5) is 0 Å². The molecule has 0 spiro atoms. The Morgan fingerprint density at radius 2 is 2.07 bits per heavy atom. The van der Waals surface area contributed by atoms with Crippen LogP contribution in [0.15, 0.2) is 57.6 Å². The van der Waals surface area contributed by atoms with Crippen molar-refractivity contribution in [3.05, 3.63) is 64.7 Å². The molecule has 0 bridgehead atoms. The quantitative estimate of drug-likeness (QED) is 0.462. The third kappa shape index (κ3) is 3.35. The Hall–Kier alpha value is -3.19. The predicted octanol–water partition coefficient (Wildman–Crippen LogP) is 4.87. The molecule has 0 saturated carbocycles. The first-order chi connectivity index (χ1) is 14.7. The maximum atomic E-state index is 13.2. The Morgan fingerprint density at radius 1 is 1.20 bits per heavy atom. The lowest BCUT2D eigenvalue weighted by atomic mass is 10.0. The molecule has 4 aromatic rings. The van der Waals surface area contributed by atoms with Crippen molar-refractivity contribution >= 4 is 28.0 Å². The maximum Gasteiger partial charge on any atom is 0.248 e. The number of thiophene rings is 1. The monoisotopic (exact) mass is 419 g/mol. The van der Waals surface area contributed by atoms with Crippen molar-refractivity contribution < 1.29 is 13.9 Å². The third-order valence-corrected chi connectivity index (χ3v) is 6.29. The van der Waals surface area contributed by atoms with E-state index in [1.165, 1.54) is 0 Å². The van der Waals surface area contributed by atoms with Crippen LogP contribution in [-0.2, 0) is 11.2 Å². The van der Waals surface area contributed by atoms with E-state index in [9.17, 15) is 4.79 Å². The standard InChI is InChI=1S/C23H21N3O3S/c1-28-20-9-8-15(17-5-2-3-6-18(17)20)13-21(27)26-11-4-7-19(26)23-25-24-22(29-23)16-10-12-30-14-16/h2-3,5-6,8-10,12,14,19H,4,7,11,13H2,1H3. The van der Waals surface area contributed by atoms with Gasteiger partial charge in [-0.3, -0.25) is 4.79 Å². The molecule has 1 aliphatic heterocycles. The number of hydrogen-bond donors (Lipinski definition) is 0. The average molecular weight is 420 g/mol. The lowest BCUT2D eigenvalue weighted by Gasteiger charge is -2.22. The van der Waals surface area contributed by atoms with Gasteiger partial charge in [0, 0.05) is 22.9 Å². The summed E-state index contributed by atoms with van der Waals surface area (Å²) in [4.78, 5) is 15.1. The molecule has 2 aromatic carbocycles. The first kappa shape index (κ1) is 18.8. The topological polar surface area (TPSA) is 68.5 Å². The number of benzene rings is 2. The summed E-state index contributed by atoms with van der Waals surface area (Å²) >= 11 is 1.58. The van der Waals surface area contributed by atoms with Gasteiger partial charge in [-0.05, 0) is 41.3 Å². The van der Waals surface area contributed by atoms with Gasteiger partial charge < -0.3 is 14.1 Å². The summed E-state index contributed by atoms with van der Waals surface area (Å²) in [6, 6.07) is 13.7. The van der Waals surface area contributed by atoms with Gasteiger partial charge in [0.15, 0.2) is 0 Å². The second-order valence-corrected chi connectivity index (χ2v) is 8.13. The first-order valence-electron chi connectivity index (χ1n) is 9.94. The highest BCUT2D eigenvalue weighted by Gasteiger charge is 2.34. The molecule has 7 heteroatoms. The fourth-order valence-corrected chi connectivity index (χ4v) is 4.75. The van der Waals surface area contributed by atoms with E-state index in [2.05, 4.69) is 10.2 Å². The molecule has 1 saturated heterocycles. The minimum atomic E-state index is -0.165. The number of aromatic nitrogens is 2. The van der Waals surface area contributed by atoms with Crippen LogP contribution in [-0.4, -0.2) is 34.7 Å². The van der Waals surface area contributed by atoms with Gasteiger partial charge in [0.05, 0.1) is 13.5 Å². The number of rotatable bonds is 5. The highest BCUT2D eigenvalue weighted by molar-refractivity contribution is 7.08. The van der Waals surface area contributed by atoms with Gasteiger partial charge in [0.25, 0.3) is 0 Å². The summed E-state index contributed by atoms with van der Waals surface area (Å²) in [6.45, 7) is 0.702. The van der Waals surface area contributed by atoms with Crippen molar-refractivity contribution in [1.82, 2.24) is 15.1 Å². The second kappa shape index (κ2) is 7.91. The zero-order valence-electron chi connectivity index (χ0n) is 16.6. The normalized spacial score (nSPS) is 16.3. The van der Waals surface area contributed by atoms with Crippen LogP contribution >= 0.6 is 11.3 Å². The number of nitrogens with zero attached hydrogens (tertiary/aromatic N) is 3. The van der Waals surface area contributed by atoms with Gasteiger partial charge >= 0.3 is 0 Å². The summed E-state index contributed by atoms with van der Waals surface area (Å²) < 4.78 is 11.4. The van der Waals surface area contributed by atoms with Gasteiger partial charge in [-0.2, -0.15) is 11.3 Å². The van der Waals surface area contributed by atoms with Crippen molar-refractivity contribution in [3.63, 3.8) is 0 Å². The highest BCUT2D eigenvalue weighted by Crippen LogP contribution is 2.34. The number of hydrogen-bond acceptors (Lipinski definition) is 6. The summed E-state index contributed by atoms with van der Waals surface area (Å²) in [6.07, 6.45) is 2.09. The number of fused-ring (bicyclic) bond motifs is 1. The van der Waals surface area contributed by atoms with Crippen LogP contribution in [0.25, 0.3) is 22.2 Å². The van der Waals surface area contributed by atoms with Crippen LogP contribution in [0.1, 0.15) is 30.3 Å². The minimum absolute atomic E-state index is 0.0723. The molecule has 2 aromatic heterocycles. The molecule has 1 unspecified atom stereocenters. The molecule has 1 aliphatic rings. The van der Waals surface area contributed by atoms with Crippen LogP contribution in [0.2, 0.25) is 0 Å². The Balaban J connectivity index is 1.39. The van der Waals surface area contributed by atoms with Gasteiger partial charge in [0.1, 0.15) is 11.8 Å². The van der Waals surface area contributed by atoms with E-state index >= 15 is 0 Å². The summed E-state index contributed by atoms with van der Waals surface area (Å²) in [7, 11) is 1.66. The zero-order valence-corrected chi connectivity index (χ0v) is 17.4. The van der Waals surface area contributed by atoms with E-state index in [4.69, 9.17) is 9.15 Å². The first-order valence-corrected chi connectivity index (χ1v) is 10.9. The molecule has 1 amide bonds. The molecular formula is C23H21N3O3S. The summed E-state index contributed by atoms with van der Waals surface area (Å²) in [5, 5.41) is 14.4. The van der Waals surface area contributed by atoms with E-state index in [0.29, 0.717) is 24.7 Å². The van der Waals surface area contributed by atoms with Gasteiger partial charge in [-0.15, -0.1) is 10.2 Å². The Kier molecular flexibility index (Phi) is 4.96. The molecule has 5 rings (SSSR count). The van der Waals surface area contributed by atoms with Crippen molar-refractivity contribution in [3.8, 4) is 17.2 Å². The molecule has 1 fully saturated rings. The van der Waals surface area contributed by atoms with Crippen LogP contribution in [0.3, 0.4) is 0 Å². The fraction of sp³-hybridized carbons (Fsp3) is 0.261. The van der Waals surface area contributed by atoms with Crippen molar-refractivity contribution in [2.75, 3.05) is 13.7 Å². The van der Waals surface area contributed by atoms with Gasteiger partial charge in [-0.25, -0.2) is 0 Å². The number of ether oxygens (including phenoxy) is 1. The number of likely N-dealkylation sites (tertiary alicyclic amines) is 1. The highest BCUT2D eigenvalue weighted by atomic mass is 32.1. The molecule has 0 aliphatic carbocycles. The van der Waals surface area contributed by atoms with Crippen LogP contribution in [0, 0.1) is 0 Å². The molecule has 0 N–H and O–H groups in total. The van der Waals surface area contributed by atoms with Crippen molar-refractivity contribution in [1.29, 1.82) is 0 Å². The summed E-state index contributed by atoms with van der Waals surface area (Å²) in [5.41, 5.74) is 1.91. The SMILES string of the molecule is COc1ccc(CC(=O)N2CCCC2c2nnc(-c3ccsc3)o2)c2ccccc12. The van der Waals surface area contributed by atoms with Crippen molar-refractivity contribution in [2.45, 2.75) is 25.3 Å². The van der Waals surface area contributed by atoms with Crippen molar-refractivity contribution in [2.24, 2.45) is 0 Å². The Morgan fingerprint density at radius 3 is 2.87 bits per heavy atom. The van der Waals surface area contributed by atoms with E-state index in [1.807, 2.05) is 58.1 Å². The Labute approximate surface area is 178 Å². The molecule has 0 radical (unpaired) electrons. The molecule has 30 heavy (non-hydrogen) atoms. The zero-order chi connectivity index (χ0) is 20.5. The molecule has 1 atom stereocenters. The van der Waals surface area contributed by atoms with E-state index in [1.54, 1.807) is 18.4 Å². The van der Waals surface area contributed by atoms with E-state index in [0.717, 1.165) is 40.5 Å². The average Bonchev–Trinajstić information content (AvgIpc) is 3.54. The largest absolute Gasteiger partial charge is 0.496 e. The molecule has 152 valence electrons. The van der Waals surface area contributed by atoms with Gasteiger partial charge in [-0.1, -0.05) is 30.3 Å². The van der Waals surface area contributed by atoms with E-state index in [-0.39, 0.29) is 11.9 Å². The third-order valence-electron chi connectivity index (χ3n) is 5.60. The smallest absolute Gasteiger partial charge is 0.248 e. The molecular weight excluding hydrogens is 398 g/mol. The maximum absolute atomic E-state index is 13.2. The van der Waals surface area contributed by atoms with E-state index < -0.39 is 0 Å². The minimum Gasteiger partial charge on any atom is -0.496 e. The fourth-order valence-electron chi connectivity index (χ4n) is 4.12. The number of methoxy groups -OCH3 is 1. The van der Waals surface area contributed by atoms with Gasteiger partial charge in [0.2, 0.25) is 17.7 Å². The molecule has 6 nitrogen and oxygen atoms in total. The Bertz CT molecular complexity index is 1190. The van der Waals surface area contributed by atoms with Crippen LogP contribution in [0.5, 0.6) is 5.75 Å². The predicted molar refractivity (Wildman–Crippen MR) is 116 cm³/mol. The number of amides is 1.